The fraction of sp³-hybridized carbons (Fsp3) is 0.667. The normalized spacial score (nSPS) is 20.0. The number of carbonyl (C=O) groups is 1. The van der Waals surface area contributed by atoms with Crippen LogP contribution in [0, 0.1) is 12.8 Å². The van der Waals surface area contributed by atoms with Crippen LogP contribution in [-0.2, 0) is 4.79 Å². The maximum Gasteiger partial charge on any atom is 0.220 e. The lowest BCUT2D eigenvalue weighted by Crippen LogP contribution is -2.31. The summed E-state index contributed by atoms with van der Waals surface area (Å²) < 4.78 is 0. The van der Waals surface area contributed by atoms with Crippen molar-refractivity contribution in [2.75, 3.05) is 19.6 Å². The molecule has 0 radical (unpaired) electrons. The van der Waals surface area contributed by atoms with Crippen molar-refractivity contribution in [1.82, 2.24) is 15.2 Å². The Kier molecular flexibility index (Phi) is 5.08. The molecule has 4 nitrogen and oxygen atoms in total. The van der Waals surface area contributed by atoms with E-state index in [1.54, 1.807) is 0 Å². The number of nitrogens with one attached hydrogen (secondary N) is 1. The van der Waals surface area contributed by atoms with E-state index in [0.29, 0.717) is 12.3 Å². The van der Waals surface area contributed by atoms with Crippen LogP contribution in [0.2, 0.25) is 0 Å². The Balaban J connectivity index is 1.50. The van der Waals surface area contributed by atoms with Gasteiger partial charge in [0.2, 0.25) is 5.91 Å². The van der Waals surface area contributed by atoms with E-state index in [2.05, 4.69) is 28.2 Å². The fourth-order valence-electron chi connectivity index (χ4n) is 3.38. The summed E-state index contributed by atoms with van der Waals surface area (Å²) in [5.74, 6) is 0.761. The molecule has 2 aliphatic rings. The first-order valence-electron chi connectivity index (χ1n) is 8.67. The molecular weight excluding hydrogens is 274 g/mol. The molecule has 4 heteroatoms. The average Bonchev–Trinajstić information content (AvgIpc) is 3.23. The van der Waals surface area contributed by atoms with Gasteiger partial charge in [-0.25, -0.2) is 0 Å². The van der Waals surface area contributed by atoms with E-state index in [9.17, 15) is 4.79 Å². The molecule has 2 heterocycles. The highest BCUT2D eigenvalue weighted by molar-refractivity contribution is 5.76. The lowest BCUT2D eigenvalue weighted by molar-refractivity contribution is -0.122. The van der Waals surface area contributed by atoms with Gasteiger partial charge in [-0.1, -0.05) is 6.07 Å². The van der Waals surface area contributed by atoms with Crippen molar-refractivity contribution >= 4 is 5.91 Å². The first kappa shape index (κ1) is 15.5. The quantitative estimate of drug-likeness (QED) is 0.842. The number of hydrogen-bond donors (Lipinski definition) is 1. The fourth-order valence-corrected chi connectivity index (χ4v) is 3.38. The Morgan fingerprint density at radius 2 is 2.18 bits per heavy atom. The number of aromatic nitrogens is 1. The number of pyridine rings is 1. The number of amides is 1. The summed E-state index contributed by atoms with van der Waals surface area (Å²) in [7, 11) is 0. The molecule has 1 atom stereocenters. The van der Waals surface area contributed by atoms with Crippen molar-refractivity contribution in [2.24, 2.45) is 5.92 Å². The van der Waals surface area contributed by atoms with E-state index in [1.807, 2.05) is 12.3 Å². The van der Waals surface area contributed by atoms with Crippen molar-refractivity contribution < 1.29 is 4.79 Å². The predicted octanol–water partition coefficient (Wildman–Crippen LogP) is 2.83. The van der Waals surface area contributed by atoms with Crippen LogP contribution < -0.4 is 5.32 Å². The van der Waals surface area contributed by atoms with Gasteiger partial charge in [-0.15, -0.1) is 0 Å². The van der Waals surface area contributed by atoms with E-state index in [0.717, 1.165) is 18.7 Å². The molecule has 0 spiro atoms. The van der Waals surface area contributed by atoms with Gasteiger partial charge in [0.15, 0.2) is 0 Å². The largest absolute Gasteiger partial charge is 0.347 e. The lowest BCUT2D eigenvalue weighted by Gasteiger charge is -2.20. The zero-order valence-electron chi connectivity index (χ0n) is 13.6. The molecule has 1 aliphatic heterocycles. The Morgan fingerprint density at radius 3 is 2.86 bits per heavy atom. The van der Waals surface area contributed by atoms with Crippen LogP contribution in [0.25, 0.3) is 0 Å². The lowest BCUT2D eigenvalue weighted by atomic mass is 10.0. The molecule has 1 unspecified atom stereocenters. The van der Waals surface area contributed by atoms with Crippen LogP contribution in [0.4, 0.5) is 0 Å². The monoisotopic (exact) mass is 301 g/mol. The van der Waals surface area contributed by atoms with E-state index in [1.165, 1.54) is 44.3 Å². The Morgan fingerprint density at radius 1 is 1.41 bits per heavy atom. The standard InChI is InChI=1S/C18H27N3O/c1-14-6-4-10-19-17(14)18(15-8-9-15)20-16(22)7-5-13-21-11-2-3-12-21/h4,6,10,15,18H,2-3,5,7-9,11-13H2,1H3,(H,20,22). The summed E-state index contributed by atoms with van der Waals surface area (Å²) in [5, 5.41) is 3.24. The second-order valence-corrected chi connectivity index (χ2v) is 6.74. The first-order chi connectivity index (χ1) is 10.7. The number of nitrogens with zero attached hydrogens (tertiary/aromatic N) is 2. The van der Waals surface area contributed by atoms with Gasteiger partial charge in [0.25, 0.3) is 0 Å². The predicted molar refractivity (Wildman–Crippen MR) is 87.5 cm³/mol. The maximum atomic E-state index is 12.3. The molecule has 2 fully saturated rings. The minimum atomic E-state index is 0.112. The highest BCUT2D eigenvalue weighted by Crippen LogP contribution is 2.41. The third-order valence-corrected chi connectivity index (χ3v) is 4.83. The van der Waals surface area contributed by atoms with Crippen LogP contribution >= 0.6 is 0 Å². The summed E-state index contributed by atoms with van der Waals surface area (Å²) in [6.07, 6.45) is 8.46. The van der Waals surface area contributed by atoms with Crippen LogP contribution in [0.1, 0.15) is 55.8 Å². The molecule has 120 valence electrons. The SMILES string of the molecule is Cc1cccnc1C(NC(=O)CCCN1CCCC1)C1CC1. The number of aryl methyl sites for hydroxylation is 1. The van der Waals surface area contributed by atoms with Crippen LogP contribution in [0.3, 0.4) is 0 Å². The zero-order chi connectivity index (χ0) is 15.4. The summed E-state index contributed by atoms with van der Waals surface area (Å²) in [6.45, 7) is 5.56. The summed E-state index contributed by atoms with van der Waals surface area (Å²) >= 11 is 0. The topological polar surface area (TPSA) is 45.2 Å². The third kappa shape index (κ3) is 4.07. The molecule has 1 aromatic heterocycles. The molecular formula is C18H27N3O. The Labute approximate surface area is 133 Å². The first-order valence-corrected chi connectivity index (χ1v) is 8.67. The van der Waals surface area contributed by atoms with Gasteiger partial charge in [0.05, 0.1) is 11.7 Å². The number of rotatable bonds is 7. The van der Waals surface area contributed by atoms with Crippen molar-refractivity contribution in [3.05, 3.63) is 29.6 Å². The van der Waals surface area contributed by atoms with Gasteiger partial charge in [0.1, 0.15) is 0 Å². The van der Waals surface area contributed by atoms with Gasteiger partial charge in [-0.3, -0.25) is 9.78 Å². The van der Waals surface area contributed by atoms with Gasteiger partial charge in [-0.05, 0) is 76.2 Å². The van der Waals surface area contributed by atoms with E-state index >= 15 is 0 Å². The van der Waals surface area contributed by atoms with Crippen LogP contribution in [0.15, 0.2) is 18.3 Å². The summed E-state index contributed by atoms with van der Waals surface area (Å²) in [5.41, 5.74) is 2.23. The van der Waals surface area contributed by atoms with Crippen molar-refractivity contribution in [3.8, 4) is 0 Å². The Hall–Kier alpha value is -1.42. The highest BCUT2D eigenvalue weighted by Gasteiger charge is 2.34. The second kappa shape index (κ2) is 7.23. The number of hydrogen-bond acceptors (Lipinski definition) is 3. The van der Waals surface area contributed by atoms with Crippen molar-refractivity contribution in [3.63, 3.8) is 0 Å². The van der Waals surface area contributed by atoms with Gasteiger partial charge < -0.3 is 10.2 Å². The molecule has 0 aromatic carbocycles. The number of likely N-dealkylation sites (tertiary alicyclic amines) is 1. The maximum absolute atomic E-state index is 12.3. The zero-order valence-corrected chi connectivity index (χ0v) is 13.6. The van der Waals surface area contributed by atoms with Gasteiger partial charge in [0, 0.05) is 12.6 Å². The third-order valence-electron chi connectivity index (χ3n) is 4.83. The number of carbonyl (C=O) groups excluding carboxylic acids is 1. The molecule has 22 heavy (non-hydrogen) atoms. The smallest absolute Gasteiger partial charge is 0.220 e. The minimum Gasteiger partial charge on any atom is -0.347 e. The average molecular weight is 301 g/mol. The molecule has 1 saturated heterocycles. The van der Waals surface area contributed by atoms with Gasteiger partial charge in [-0.2, -0.15) is 0 Å². The van der Waals surface area contributed by atoms with E-state index in [-0.39, 0.29) is 11.9 Å². The van der Waals surface area contributed by atoms with E-state index in [4.69, 9.17) is 0 Å². The summed E-state index contributed by atoms with van der Waals surface area (Å²) in [4.78, 5) is 19.3. The highest BCUT2D eigenvalue weighted by atomic mass is 16.1. The molecule has 0 bridgehead atoms. The van der Waals surface area contributed by atoms with E-state index < -0.39 is 0 Å². The van der Waals surface area contributed by atoms with Crippen molar-refractivity contribution in [1.29, 1.82) is 0 Å². The second-order valence-electron chi connectivity index (χ2n) is 6.74. The van der Waals surface area contributed by atoms with Crippen LogP contribution in [-0.4, -0.2) is 35.4 Å². The molecule has 1 aromatic rings. The molecule has 1 aliphatic carbocycles. The van der Waals surface area contributed by atoms with Crippen molar-refractivity contribution in [2.45, 2.75) is 51.5 Å². The molecule has 1 amide bonds. The summed E-state index contributed by atoms with van der Waals surface area (Å²) in [6, 6.07) is 4.15. The minimum absolute atomic E-state index is 0.112. The Bertz CT molecular complexity index is 507. The molecule has 1 saturated carbocycles. The van der Waals surface area contributed by atoms with Gasteiger partial charge >= 0.3 is 0 Å². The molecule has 3 rings (SSSR count). The molecule has 1 N–H and O–H groups in total. The van der Waals surface area contributed by atoms with Crippen LogP contribution in [0.5, 0.6) is 0 Å².